The van der Waals surface area contributed by atoms with Crippen LogP contribution in [-0.2, 0) is 0 Å². The molecule has 1 heterocycles. The Labute approximate surface area is 74.8 Å². The van der Waals surface area contributed by atoms with Gasteiger partial charge in [0.15, 0.2) is 0 Å². The molecule has 0 unspecified atom stereocenters. The van der Waals surface area contributed by atoms with E-state index in [1.807, 2.05) is 13.0 Å². The minimum atomic E-state index is -0.346. The topological polar surface area (TPSA) is 56.2 Å². The predicted molar refractivity (Wildman–Crippen MR) is 51.6 cm³/mol. The van der Waals surface area contributed by atoms with E-state index in [9.17, 15) is 4.79 Å². The van der Waals surface area contributed by atoms with Crippen LogP contribution in [0.25, 0.3) is 11.0 Å². The van der Waals surface area contributed by atoms with Gasteiger partial charge in [0.2, 0.25) is 0 Å². The largest absolute Gasteiger partial charge is 0.422 e. The smallest absolute Gasteiger partial charge is 0.336 e. The lowest BCUT2D eigenvalue weighted by molar-refractivity contribution is 0.559. The lowest BCUT2D eigenvalue weighted by Gasteiger charge is -2.02. The average Bonchev–Trinajstić information content (AvgIpc) is 2.12. The Morgan fingerprint density at radius 3 is 2.69 bits per heavy atom. The van der Waals surface area contributed by atoms with Gasteiger partial charge in [-0.3, -0.25) is 0 Å². The Bertz CT molecular complexity index is 514. The SMILES string of the molecule is Cc1c(N)ccc2ccc(=O)oc12. The molecule has 3 heteroatoms. The van der Waals surface area contributed by atoms with Crippen molar-refractivity contribution in [2.45, 2.75) is 6.92 Å². The summed E-state index contributed by atoms with van der Waals surface area (Å²) in [6, 6.07) is 6.77. The number of aryl methyl sites for hydroxylation is 1. The van der Waals surface area contributed by atoms with Crippen molar-refractivity contribution >= 4 is 16.7 Å². The minimum absolute atomic E-state index is 0.346. The van der Waals surface area contributed by atoms with E-state index in [1.54, 1.807) is 12.1 Å². The van der Waals surface area contributed by atoms with Gasteiger partial charge < -0.3 is 10.2 Å². The number of rotatable bonds is 0. The molecule has 0 saturated heterocycles. The van der Waals surface area contributed by atoms with Crippen molar-refractivity contribution in [2.24, 2.45) is 0 Å². The number of benzene rings is 1. The molecule has 2 N–H and O–H groups in total. The van der Waals surface area contributed by atoms with E-state index in [2.05, 4.69) is 0 Å². The molecule has 0 amide bonds. The summed E-state index contributed by atoms with van der Waals surface area (Å²) in [5.74, 6) is 0. The summed E-state index contributed by atoms with van der Waals surface area (Å²) in [5, 5.41) is 0.895. The third-order valence-corrected chi connectivity index (χ3v) is 2.08. The van der Waals surface area contributed by atoms with Gasteiger partial charge >= 0.3 is 5.63 Å². The zero-order chi connectivity index (χ0) is 9.42. The molecule has 0 fully saturated rings. The van der Waals surface area contributed by atoms with Crippen LogP contribution < -0.4 is 11.4 Å². The summed E-state index contributed by atoms with van der Waals surface area (Å²) in [7, 11) is 0. The molecule has 2 rings (SSSR count). The monoisotopic (exact) mass is 175 g/mol. The average molecular weight is 175 g/mol. The van der Waals surface area contributed by atoms with Crippen molar-refractivity contribution in [2.75, 3.05) is 5.73 Å². The molecule has 0 bridgehead atoms. The van der Waals surface area contributed by atoms with Gasteiger partial charge in [0.05, 0.1) is 0 Å². The van der Waals surface area contributed by atoms with Crippen molar-refractivity contribution in [3.63, 3.8) is 0 Å². The molecule has 0 spiro atoms. The summed E-state index contributed by atoms with van der Waals surface area (Å²) in [4.78, 5) is 10.9. The lowest BCUT2D eigenvalue weighted by Crippen LogP contribution is -1.97. The first-order valence-corrected chi connectivity index (χ1v) is 3.97. The number of hydrogen-bond acceptors (Lipinski definition) is 3. The van der Waals surface area contributed by atoms with Gasteiger partial charge in [-0.15, -0.1) is 0 Å². The molecular weight excluding hydrogens is 166 g/mol. The Balaban J connectivity index is 2.97. The predicted octanol–water partition coefficient (Wildman–Crippen LogP) is 1.68. The van der Waals surface area contributed by atoms with E-state index in [-0.39, 0.29) is 5.63 Å². The zero-order valence-electron chi connectivity index (χ0n) is 7.20. The van der Waals surface area contributed by atoms with E-state index < -0.39 is 0 Å². The Hall–Kier alpha value is -1.77. The molecule has 1 aromatic carbocycles. The quantitative estimate of drug-likeness (QED) is 0.489. The molecule has 0 aliphatic heterocycles. The summed E-state index contributed by atoms with van der Waals surface area (Å²) in [5.41, 5.74) is 7.36. The van der Waals surface area contributed by atoms with Crippen LogP contribution in [0.3, 0.4) is 0 Å². The fourth-order valence-electron chi connectivity index (χ4n) is 1.29. The van der Waals surface area contributed by atoms with Crippen LogP contribution >= 0.6 is 0 Å². The molecule has 3 nitrogen and oxygen atoms in total. The van der Waals surface area contributed by atoms with Crippen LogP contribution in [0.15, 0.2) is 33.5 Å². The maximum absolute atomic E-state index is 10.9. The van der Waals surface area contributed by atoms with Crippen LogP contribution in [0, 0.1) is 6.92 Å². The highest BCUT2D eigenvalue weighted by Gasteiger charge is 2.02. The highest BCUT2D eigenvalue weighted by Crippen LogP contribution is 2.21. The maximum atomic E-state index is 10.9. The van der Waals surface area contributed by atoms with Crippen LogP contribution in [0.1, 0.15) is 5.56 Å². The van der Waals surface area contributed by atoms with Crippen LogP contribution in [0.2, 0.25) is 0 Å². The first kappa shape index (κ1) is 7.86. The summed E-state index contributed by atoms with van der Waals surface area (Å²) < 4.78 is 5.04. The molecule has 0 radical (unpaired) electrons. The third-order valence-electron chi connectivity index (χ3n) is 2.08. The molecule has 1 aromatic heterocycles. The summed E-state index contributed by atoms with van der Waals surface area (Å²) in [6.07, 6.45) is 0. The zero-order valence-corrected chi connectivity index (χ0v) is 7.20. The van der Waals surface area contributed by atoms with Crippen molar-refractivity contribution in [1.29, 1.82) is 0 Å². The third kappa shape index (κ3) is 1.18. The number of anilines is 1. The molecular formula is C10H9NO2. The fraction of sp³-hybridized carbons (Fsp3) is 0.100. The van der Waals surface area contributed by atoms with E-state index in [0.29, 0.717) is 11.3 Å². The number of fused-ring (bicyclic) bond motifs is 1. The standard InChI is InChI=1S/C10H9NO2/c1-6-8(11)4-2-7-3-5-9(12)13-10(6)7/h2-5H,11H2,1H3. The molecule has 0 atom stereocenters. The van der Waals surface area contributed by atoms with Crippen molar-refractivity contribution in [3.8, 4) is 0 Å². The van der Waals surface area contributed by atoms with E-state index in [1.165, 1.54) is 6.07 Å². The summed E-state index contributed by atoms with van der Waals surface area (Å²) in [6.45, 7) is 1.83. The number of nitrogen functional groups attached to an aromatic ring is 1. The Morgan fingerprint density at radius 1 is 1.23 bits per heavy atom. The van der Waals surface area contributed by atoms with Gasteiger partial charge in [-0.2, -0.15) is 0 Å². The van der Waals surface area contributed by atoms with Gasteiger partial charge in [0.25, 0.3) is 0 Å². The van der Waals surface area contributed by atoms with E-state index >= 15 is 0 Å². The molecule has 0 saturated carbocycles. The second-order valence-electron chi connectivity index (χ2n) is 2.95. The molecule has 2 aromatic rings. The van der Waals surface area contributed by atoms with Gasteiger partial charge in [0, 0.05) is 22.7 Å². The van der Waals surface area contributed by atoms with Crippen molar-refractivity contribution in [1.82, 2.24) is 0 Å². The van der Waals surface area contributed by atoms with Crippen LogP contribution in [0.4, 0.5) is 5.69 Å². The van der Waals surface area contributed by atoms with Gasteiger partial charge in [-0.25, -0.2) is 4.79 Å². The molecule has 66 valence electrons. The maximum Gasteiger partial charge on any atom is 0.336 e. The van der Waals surface area contributed by atoms with Gasteiger partial charge in [-0.1, -0.05) is 0 Å². The van der Waals surface area contributed by atoms with Crippen LogP contribution in [0.5, 0.6) is 0 Å². The summed E-state index contributed by atoms with van der Waals surface area (Å²) >= 11 is 0. The minimum Gasteiger partial charge on any atom is -0.422 e. The first-order chi connectivity index (χ1) is 6.18. The Kier molecular flexibility index (Phi) is 1.59. The second-order valence-corrected chi connectivity index (χ2v) is 2.95. The molecule has 13 heavy (non-hydrogen) atoms. The molecule has 0 aliphatic carbocycles. The van der Waals surface area contributed by atoms with Gasteiger partial charge in [-0.05, 0) is 25.1 Å². The normalized spacial score (nSPS) is 10.5. The van der Waals surface area contributed by atoms with Crippen molar-refractivity contribution < 1.29 is 4.42 Å². The lowest BCUT2D eigenvalue weighted by atomic mass is 10.1. The first-order valence-electron chi connectivity index (χ1n) is 3.97. The van der Waals surface area contributed by atoms with Crippen molar-refractivity contribution in [3.05, 3.63) is 40.2 Å². The highest BCUT2D eigenvalue weighted by molar-refractivity contribution is 5.83. The van der Waals surface area contributed by atoms with Gasteiger partial charge in [0.1, 0.15) is 5.58 Å². The second kappa shape index (κ2) is 2.62. The fourth-order valence-corrected chi connectivity index (χ4v) is 1.29. The van der Waals surface area contributed by atoms with E-state index in [0.717, 1.165) is 10.9 Å². The van der Waals surface area contributed by atoms with E-state index in [4.69, 9.17) is 10.2 Å². The Morgan fingerprint density at radius 2 is 1.92 bits per heavy atom. The highest BCUT2D eigenvalue weighted by atomic mass is 16.4. The molecule has 0 aliphatic rings. The number of nitrogens with two attached hydrogens (primary N) is 1. The number of hydrogen-bond donors (Lipinski definition) is 1. The van der Waals surface area contributed by atoms with Crippen LogP contribution in [-0.4, -0.2) is 0 Å².